The van der Waals surface area contributed by atoms with Gasteiger partial charge in [0.15, 0.2) is 0 Å². The summed E-state index contributed by atoms with van der Waals surface area (Å²) in [5.74, 6) is -0.288. The van der Waals surface area contributed by atoms with Crippen molar-refractivity contribution in [1.29, 1.82) is 0 Å². The largest absolute Gasteiger partial charge is 0.323 e. The van der Waals surface area contributed by atoms with Crippen LogP contribution in [0.1, 0.15) is 35.3 Å². The molecule has 154 valence electrons. The summed E-state index contributed by atoms with van der Waals surface area (Å²) in [5.41, 5.74) is 5.53. The van der Waals surface area contributed by atoms with Gasteiger partial charge < -0.3 is 5.32 Å². The number of aryl methyl sites for hydroxylation is 2. The monoisotopic (exact) mass is 477 g/mol. The van der Waals surface area contributed by atoms with Crippen LogP contribution >= 0.6 is 27.5 Å². The number of nitrogens with zero attached hydrogens (tertiary/aromatic N) is 4. The van der Waals surface area contributed by atoms with Gasteiger partial charge in [-0.2, -0.15) is 10.2 Å². The summed E-state index contributed by atoms with van der Waals surface area (Å²) < 4.78 is 4.75. The second kappa shape index (κ2) is 8.71. The van der Waals surface area contributed by atoms with E-state index in [1.165, 1.54) is 0 Å². The van der Waals surface area contributed by atoms with Crippen molar-refractivity contribution in [3.05, 3.63) is 62.1 Å². The summed E-state index contributed by atoms with van der Waals surface area (Å²) in [7, 11) is 0. The topological polar surface area (TPSA) is 64.7 Å². The minimum Gasteiger partial charge on any atom is -0.323 e. The number of halogens is 2. The number of hydrogen-bond acceptors (Lipinski definition) is 3. The van der Waals surface area contributed by atoms with Gasteiger partial charge in [-0.1, -0.05) is 30.7 Å². The lowest BCUT2D eigenvalue weighted by atomic mass is 10.1. The normalized spacial score (nSPS) is 12.2. The second-order valence-electron chi connectivity index (χ2n) is 7.39. The third-order valence-electron chi connectivity index (χ3n) is 5.06. The molecule has 1 aromatic carbocycles. The predicted molar refractivity (Wildman–Crippen MR) is 119 cm³/mol. The number of nitrogens with one attached hydrogen (secondary N) is 1. The molecule has 0 aliphatic heterocycles. The summed E-state index contributed by atoms with van der Waals surface area (Å²) >= 11 is 9.49. The third-order valence-corrected chi connectivity index (χ3v) is 6.46. The average Bonchev–Trinajstić information content (AvgIpc) is 3.08. The quantitative estimate of drug-likeness (QED) is 0.539. The van der Waals surface area contributed by atoms with E-state index in [1.807, 2.05) is 68.2 Å². The fourth-order valence-electron chi connectivity index (χ4n) is 3.24. The average molecular weight is 479 g/mol. The smallest absolute Gasteiger partial charge is 0.229 e. The third kappa shape index (κ3) is 4.73. The van der Waals surface area contributed by atoms with Crippen LogP contribution in [-0.2, 0) is 17.9 Å². The van der Waals surface area contributed by atoms with Gasteiger partial charge in [0.25, 0.3) is 0 Å². The minimum atomic E-state index is -0.238. The van der Waals surface area contributed by atoms with Crippen LogP contribution in [0.15, 0.2) is 28.7 Å². The molecule has 3 rings (SSSR count). The van der Waals surface area contributed by atoms with E-state index in [0.717, 1.165) is 38.5 Å². The number of benzene rings is 1. The number of anilines is 1. The molecule has 1 unspecified atom stereocenters. The molecule has 2 heterocycles. The van der Waals surface area contributed by atoms with E-state index in [9.17, 15) is 4.79 Å². The van der Waals surface area contributed by atoms with Crippen LogP contribution < -0.4 is 5.32 Å². The van der Waals surface area contributed by atoms with Crippen molar-refractivity contribution < 1.29 is 4.79 Å². The zero-order chi connectivity index (χ0) is 21.3. The van der Waals surface area contributed by atoms with E-state index in [1.54, 1.807) is 0 Å². The lowest BCUT2D eigenvalue weighted by Crippen LogP contribution is -2.25. The second-order valence-corrected chi connectivity index (χ2v) is 8.62. The molecule has 29 heavy (non-hydrogen) atoms. The summed E-state index contributed by atoms with van der Waals surface area (Å²) in [6, 6.07) is 7.69. The molecule has 8 heteroatoms. The van der Waals surface area contributed by atoms with E-state index in [-0.39, 0.29) is 11.8 Å². The highest BCUT2D eigenvalue weighted by molar-refractivity contribution is 9.10. The standard InChI is InChI=1S/C21H25BrClN5O/c1-12(10-27-15(4)19(22)13(2)25-27)21(29)24-20-14(3)26-28(16(20)5)11-17-6-8-18(23)9-7-17/h6-9,12H,10-11H2,1-5H3,(H,24,29). The van der Waals surface area contributed by atoms with Gasteiger partial charge in [-0.25, -0.2) is 0 Å². The highest BCUT2D eigenvalue weighted by Crippen LogP contribution is 2.23. The summed E-state index contributed by atoms with van der Waals surface area (Å²) in [4.78, 5) is 12.8. The summed E-state index contributed by atoms with van der Waals surface area (Å²) in [6.45, 7) is 10.8. The molecule has 1 atom stereocenters. The van der Waals surface area contributed by atoms with Crippen LogP contribution in [0.5, 0.6) is 0 Å². The number of aromatic nitrogens is 4. The lowest BCUT2D eigenvalue weighted by molar-refractivity contribution is -0.119. The van der Waals surface area contributed by atoms with Crippen LogP contribution in [-0.4, -0.2) is 25.5 Å². The van der Waals surface area contributed by atoms with Crippen molar-refractivity contribution in [2.45, 2.75) is 47.7 Å². The van der Waals surface area contributed by atoms with Crippen LogP contribution in [0.3, 0.4) is 0 Å². The van der Waals surface area contributed by atoms with Crippen molar-refractivity contribution in [1.82, 2.24) is 19.6 Å². The zero-order valence-corrected chi connectivity index (χ0v) is 19.6. The first-order chi connectivity index (χ1) is 13.7. The Balaban J connectivity index is 1.72. The predicted octanol–water partition coefficient (Wildman–Crippen LogP) is 5.05. The molecule has 3 aromatic rings. The van der Waals surface area contributed by atoms with Gasteiger partial charge >= 0.3 is 0 Å². The maximum atomic E-state index is 12.8. The molecule has 6 nitrogen and oxygen atoms in total. The molecule has 0 saturated heterocycles. The first-order valence-electron chi connectivity index (χ1n) is 9.46. The van der Waals surface area contributed by atoms with Crippen molar-refractivity contribution in [2.75, 3.05) is 5.32 Å². The Bertz CT molecular complexity index is 1040. The number of carbonyl (C=O) groups is 1. The Labute approximate surface area is 184 Å². The van der Waals surface area contributed by atoms with Crippen LogP contribution in [0.4, 0.5) is 5.69 Å². The molecule has 0 radical (unpaired) electrons. The fourth-order valence-corrected chi connectivity index (χ4v) is 3.65. The Hall–Kier alpha value is -2.12. The molecule has 0 bridgehead atoms. The van der Waals surface area contributed by atoms with Gasteiger partial charge in [-0.3, -0.25) is 14.2 Å². The van der Waals surface area contributed by atoms with Crippen LogP contribution in [0.2, 0.25) is 5.02 Å². The van der Waals surface area contributed by atoms with Gasteiger partial charge in [0.05, 0.1) is 46.2 Å². The molecular weight excluding hydrogens is 454 g/mol. The molecule has 2 aromatic heterocycles. The van der Waals surface area contributed by atoms with E-state index in [0.29, 0.717) is 18.1 Å². The van der Waals surface area contributed by atoms with Crippen molar-refractivity contribution in [3.63, 3.8) is 0 Å². The molecular formula is C21H25BrClN5O. The Morgan fingerprint density at radius 3 is 2.28 bits per heavy atom. The molecule has 1 N–H and O–H groups in total. The molecule has 0 aliphatic carbocycles. The molecule has 0 aliphatic rings. The Kier molecular flexibility index (Phi) is 6.49. The van der Waals surface area contributed by atoms with Gasteiger partial charge in [-0.05, 0) is 61.3 Å². The molecule has 0 saturated carbocycles. The summed E-state index contributed by atoms with van der Waals surface area (Å²) in [5, 5.41) is 12.9. The van der Waals surface area contributed by atoms with E-state index >= 15 is 0 Å². The van der Waals surface area contributed by atoms with Crippen LogP contribution in [0, 0.1) is 33.6 Å². The van der Waals surface area contributed by atoms with Gasteiger partial charge in [-0.15, -0.1) is 0 Å². The van der Waals surface area contributed by atoms with Crippen molar-refractivity contribution >= 4 is 39.1 Å². The Morgan fingerprint density at radius 2 is 1.69 bits per heavy atom. The molecule has 1 amide bonds. The first-order valence-corrected chi connectivity index (χ1v) is 10.6. The summed E-state index contributed by atoms with van der Waals surface area (Å²) in [6.07, 6.45) is 0. The SMILES string of the molecule is Cc1nn(CC(C)C(=O)Nc2c(C)nn(Cc3ccc(Cl)cc3)c2C)c(C)c1Br. The van der Waals surface area contributed by atoms with Gasteiger partial charge in [0, 0.05) is 10.7 Å². The number of rotatable bonds is 6. The Morgan fingerprint density at radius 1 is 1.07 bits per heavy atom. The van der Waals surface area contributed by atoms with Crippen molar-refractivity contribution in [3.8, 4) is 0 Å². The highest BCUT2D eigenvalue weighted by atomic mass is 79.9. The van der Waals surface area contributed by atoms with Crippen LogP contribution in [0.25, 0.3) is 0 Å². The number of carbonyl (C=O) groups excluding carboxylic acids is 1. The molecule has 0 spiro atoms. The fraction of sp³-hybridized carbons (Fsp3) is 0.381. The van der Waals surface area contributed by atoms with E-state index < -0.39 is 0 Å². The number of hydrogen-bond donors (Lipinski definition) is 1. The van der Waals surface area contributed by atoms with Gasteiger partial charge in [0.2, 0.25) is 5.91 Å². The lowest BCUT2D eigenvalue weighted by Gasteiger charge is -2.14. The van der Waals surface area contributed by atoms with E-state index in [2.05, 4.69) is 31.4 Å². The first kappa shape index (κ1) is 21.6. The van der Waals surface area contributed by atoms with E-state index in [4.69, 9.17) is 11.6 Å². The van der Waals surface area contributed by atoms with Gasteiger partial charge in [0.1, 0.15) is 0 Å². The number of amides is 1. The maximum absolute atomic E-state index is 12.8. The minimum absolute atomic E-state index is 0.0501. The van der Waals surface area contributed by atoms with Crippen molar-refractivity contribution in [2.24, 2.45) is 5.92 Å². The molecule has 0 fully saturated rings. The zero-order valence-electron chi connectivity index (χ0n) is 17.3. The maximum Gasteiger partial charge on any atom is 0.229 e. The highest BCUT2D eigenvalue weighted by Gasteiger charge is 2.20.